The van der Waals surface area contributed by atoms with Gasteiger partial charge < -0.3 is 24.8 Å². The highest BCUT2D eigenvalue weighted by Crippen LogP contribution is 2.31. The Morgan fingerprint density at radius 2 is 2.00 bits per heavy atom. The van der Waals surface area contributed by atoms with Gasteiger partial charge in [-0.1, -0.05) is 0 Å². The van der Waals surface area contributed by atoms with Crippen molar-refractivity contribution >= 4 is 28.1 Å². The van der Waals surface area contributed by atoms with Crippen molar-refractivity contribution in [3.8, 4) is 17.2 Å². The van der Waals surface area contributed by atoms with Gasteiger partial charge in [0.25, 0.3) is 0 Å². The van der Waals surface area contributed by atoms with Gasteiger partial charge in [0, 0.05) is 29.8 Å². The average Bonchev–Trinajstić information content (AvgIpc) is 3.54. The zero-order chi connectivity index (χ0) is 25.2. The van der Waals surface area contributed by atoms with Gasteiger partial charge in [-0.15, -0.1) is 0 Å². The lowest BCUT2D eigenvalue weighted by Gasteiger charge is -2.14. The van der Waals surface area contributed by atoms with Crippen LogP contribution in [0.2, 0.25) is 0 Å². The quantitative estimate of drug-likeness (QED) is 0.299. The van der Waals surface area contributed by atoms with Gasteiger partial charge in [-0.3, -0.25) is 0 Å². The number of rotatable bonds is 8. The number of aryl methyl sites for hydroxylation is 1. The number of ether oxygens (including phenoxy) is 2. The molecule has 3 aromatic heterocycles. The Bertz CT molecular complexity index is 1550. The second kappa shape index (κ2) is 10.00. The molecular weight excluding hydrogens is 470 g/mol. The van der Waals surface area contributed by atoms with Crippen molar-refractivity contribution in [3.63, 3.8) is 0 Å². The van der Waals surface area contributed by atoms with Crippen LogP contribution < -0.4 is 19.7 Å². The molecular formula is C27H28N7O3+. The van der Waals surface area contributed by atoms with Gasteiger partial charge in [-0.05, 0) is 55.0 Å². The van der Waals surface area contributed by atoms with Gasteiger partial charge in [-0.25, -0.2) is 19.5 Å². The standard InChI is InChI=1S/C27H27N7O3/c1-18-12-19(2-5-25(18)37-22-7-9-34-26(14-22)29-17-31-34)32-27-23-13-21(3-4-24(23)28-16-30-27)36-11-10-33-8-6-20(35)15-33/h2-5,7,9,12-14,16-17,20,35H,6,8,10-11,15H2,1H3,(H,28,30,32)/p+1/t20-/m0/s1. The maximum atomic E-state index is 9.72. The number of aromatic nitrogens is 5. The minimum Gasteiger partial charge on any atom is -0.488 e. The molecule has 0 amide bonds. The van der Waals surface area contributed by atoms with Gasteiger partial charge in [0.2, 0.25) is 0 Å². The second-order valence-corrected chi connectivity index (χ2v) is 9.28. The van der Waals surface area contributed by atoms with Gasteiger partial charge in [-0.2, -0.15) is 5.10 Å². The number of likely N-dealkylation sites (tertiary alicyclic amines) is 1. The van der Waals surface area contributed by atoms with E-state index < -0.39 is 0 Å². The number of nitrogens with zero attached hydrogens (tertiary/aromatic N) is 5. The Morgan fingerprint density at radius 3 is 2.86 bits per heavy atom. The van der Waals surface area contributed by atoms with Crippen molar-refractivity contribution in [3.05, 3.63) is 72.9 Å². The molecule has 1 saturated heterocycles. The SMILES string of the molecule is Cc1cc(Nc2ncnc3ccc(OCC[NH+]4CC[C@H](O)C4)cc23)ccc1Oc1ccn2ncnc2c1. The predicted molar refractivity (Wildman–Crippen MR) is 139 cm³/mol. The highest BCUT2D eigenvalue weighted by Gasteiger charge is 2.23. The van der Waals surface area contributed by atoms with Gasteiger partial charge in [0.15, 0.2) is 5.65 Å². The molecule has 0 spiro atoms. The molecule has 188 valence electrons. The lowest BCUT2D eigenvalue weighted by molar-refractivity contribution is -0.888. The number of hydrogen-bond acceptors (Lipinski definition) is 8. The van der Waals surface area contributed by atoms with E-state index in [1.165, 1.54) is 11.2 Å². The smallest absolute Gasteiger partial charge is 0.158 e. The molecule has 2 atom stereocenters. The number of quaternary nitrogens is 1. The van der Waals surface area contributed by atoms with Crippen LogP contribution in [-0.4, -0.2) is 62.0 Å². The molecule has 1 fully saturated rings. The highest BCUT2D eigenvalue weighted by molar-refractivity contribution is 5.91. The first-order valence-electron chi connectivity index (χ1n) is 12.3. The lowest BCUT2D eigenvalue weighted by Crippen LogP contribution is -3.11. The Morgan fingerprint density at radius 1 is 1.05 bits per heavy atom. The highest BCUT2D eigenvalue weighted by atomic mass is 16.5. The molecule has 6 rings (SSSR count). The Labute approximate surface area is 213 Å². The second-order valence-electron chi connectivity index (χ2n) is 9.28. The van der Waals surface area contributed by atoms with E-state index in [-0.39, 0.29) is 6.10 Å². The number of anilines is 2. The summed E-state index contributed by atoms with van der Waals surface area (Å²) < 4.78 is 13.8. The van der Waals surface area contributed by atoms with Crippen LogP contribution in [0, 0.1) is 6.92 Å². The summed E-state index contributed by atoms with van der Waals surface area (Å²) in [5, 5.41) is 18.1. The number of benzene rings is 2. The average molecular weight is 499 g/mol. The molecule has 0 aliphatic carbocycles. The third-order valence-corrected chi connectivity index (χ3v) is 6.60. The normalized spacial score (nSPS) is 17.4. The first-order chi connectivity index (χ1) is 18.1. The maximum absolute atomic E-state index is 9.72. The van der Waals surface area contributed by atoms with E-state index in [4.69, 9.17) is 9.47 Å². The van der Waals surface area contributed by atoms with Crippen LogP contribution in [0.1, 0.15) is 12.0 Å². The van der Waals surface area contributed by atoms with Crippen LogP contribution in [0.4, 0.5) is 11.5 Å². The number of aliphatic hydroxyl groups is 1. The summed E-state index contributed by atoms with van der Waals surface area (Å²) in [4.78, 5) is 14.5. The number of aliphatic hydroxyl groups excluding tert-OH is 1. The Hall–Kier alpha value is -4.28. The zero-order valence-electron chi connectivity index (χ0n) is 20.5. The monoisotopic (exact) mass is 498 g/mol. The number of pyridine rings is 1. The van der Waals surface area contributed by atoms with Gasteiger partial charge in [0.05, 0.1) is 12.1 Å². The van der Waals surface area contributed by atoms with E-state index in [1.807, 2.05) is 61.7 Å². The topological polar surface area (TPSA) is 111 Å². The molecule has 10 nitrogen and oxygen atoms in total. The van der Waals surface area contributed by atoms with Crippen LogP contribution in [-0.2, 0) is 0 Å². The van der Waals surface area contributed by atoms with E-state index in [0.717, 1.165) is 65.4 Å². The lowest BCUT2D eigenvalue weighted by atomic mass is 10.2. The minimum absolute atomic E-state index is 0.185. The van der Waals surface area contributed by atoms with Gasteiger partial charge >= 0.3 is 0 Å². The molecule has 1 aliphatic heterocycles. The van der Waals surface area contributed by atoms with Crippen molar-refractivity contribution < 1.29 is 19.5 Å². The predicted octanol–water partition coefficient (Wildman–Crippen LogP) is 2.55. The minimum atomic E-state index is -0.185. The van der Waals surface area contributed by atoms with Crippen LogP contribution in [0.25, 0.3) is 16.6 Å². The summed E-state index contributed by atoms with van der Waals surface area (Å²) in [5.41, 5.74) is 3.42. The van der Waals surface area contributed by atoms with E-state index >= 15 is 0 Å². The first kappa shape index (κ1) is 23.1. The zero-order valence-corrected chi connectivity index (χ0v) is 20.5. The third-order valence-electron chi connectivity index (χ3n) is 6.60. The van der Waals surface area contributed by atoms with Crippen LogP contribution in [0.15, 0.2) is 67.4 Å². The molecule has 0 radical (unpaired) electrons. The van der Waals surface area contributed by atoms with Crippen molar-refractivity contribution in [1.82, 2.24) is 24.6 Å². The number of nitrogens with one attached hydrogen (secondary N) is 2. The fourth-order valence-corrected chi connectivity index (χ4v) is 4.64. The summed E-state index contributed by atoms with van der Waals surface area (Å²) in [6.45, 7) is 5.25. The molecule has 3 N–H and O–H groups in total. The van der Waals surface area contributed by atoms with Crippen LogP contribution >= 0.6 is 0 Å². The van der Waals surface area contributed by atoms with Gasteiger partial charge in [0.1, 0.15) is 61.5 Å². The molecule has 5 aromatic rings. The fourth-order valence-electron chi connectivity index (χ4n) is 4.64. The molecule has 37 heavy (non-hydrogen) atoms. The summed E-state index contributed by atoms with van der Waals surface area (Å²) in [6, 6.07) is 15.5. The molecule has 1 unspecified atom stereocenters. The van der Waals surface area contributed by atoms with E-state index in [1.54, 1.807) is 10.8 Å². The fraction of sp³-hybridized carbons (Fsp3) is 0.259. The molecule has 10 heteroatoms. The van der Waals surface area contributed by atoms with Crippen LogP contribution in [0.5, 0.6) is 17.2 Å². The summed E-state index contributed by atoms with van der Waals surface area (Å²) >= 11 is 0. The first-order valence-corrected chi connectivity index (χ1v) is 12.3. The summed E-state index contributed by atoms with van der Waals surface area (Å²) in [5.74, 6) is 2.93. The largest absolute Gasteiger partial charge is 0.488 e. The molecule has 4 heterocycles. The maximum Gasteiger partial charge on any atom is 0.158 e. The van der Waals surface area contributed by atoms with Crippen molar-refractivity contribution in [2.75, 3.05) is 31.6 Å². The molecule has 2 aromatic carbocycles. The van der Waals surface area contributed by atoms with E-state index in [0.29, 0.717) is 18.2 Å². The van der Waals surface area contributed by atoms with Crippen LogP contribution in [0.3, 0.4) is 0 Å². The number of fused-ring (bicyclic) bond motifs is 2. The van der Waals surface area contributed by atoms with Crippen molar-refractivity contribution in [2.24, 2.45) is 0 Å². The Kier molecular flexibility index (Phi) is 6.25. The van der Waals surface area contributed by atoms with E-state index in [2.05, 4.69) is 25.4 Å². The van der Waals surface area contributed by atoms with E-state index in [9.17, 15) is 5.11 Å². The third kappa shape index (κ3) is 5.16. The number of hydrogen-bond donors (Lipinski definition) is 3. The Balaban J connectivity index is 1.16. The molecule has 1 aliphatic rings. The summed E-state index contributed by atoms with van der Waals surface area (Å²) in [6.07, 6.45) is 5.56. The van der Waals surface area contributed by atoms with Crippen molar-refractivity contribution in [1.29, 1.82) is 0 Å². The molecule has 0 saturated carbocycles. The summed E-state index contributed by atoms with van der Waals surface area (Å²) in [7, 11) is 0. The molecule has 0 bridgehead atoms. The van der Waals surface area contributed by atoms with Crippen molar-refractivity contribution in [2.45, 2.75) is 19.4 Å².